The fourth-order valence-corrected chi connectivity index (χ4v) is 2.16. The molecule has 1 rings (SSSR count). The van der Waals surface area contributed by atoms with Crippen LogP contribution in [-0.2, 0) is 6.42 Å². The molecule has 0 fully saturated rings. The van der Waals surface area contributed by atoms with Crippen LogP contribution in [0.2, 0.25) is 0 Å². The molecule has 0 saturated carbocycles. The molecule has 22 heavy (non-hydrogen) atoms. The zero-order valence-corrected chi connectivity index (χ0v) is 14.0. The standard InChI is InChI=1S/C17H28N2O3/c1-5-13(2)17(3,21)12-19-16(20)18-11-10-14-8-6-7-9-15(14)22-4/h6-9,13,21H,5,10-12H2,1-4H3,(H2,18,19,20). The van der Waals surface area contributed by atoms with Gasteiger partial charge in [0.05, 0.1) is 12.7 Å². The zero-order valence-electron chi connectivity index (χ0n) is 14.0. The lowest BCUT2D eigenvalue weighted by Gasteiger charge is -2.29. The van der Waals surface area contributed by atoms with E-state index in [9.17, 15) is 9.90 Å². The SMILES string of the molecule is CCC(C)C(C)(O)CNC(=O)NCCc1ccccc1OC. The summed E-state index contributed by atoms with van der Waals surface area (Å²) in [6.45, 7) is 6.49. The number of ether oxygens (including phenoxy) is 1. The predicted octanol–water partition coefficient (Wildman–Crippen LogP) is 2.33. The average molecular weight is 308 g/mol. The number of hydrogen-bond acceptors (Lipinski definition) is 3. The van der Waals surface area contributed by atoms with Crippen LogP contribution in [0.5, 0.6) is 5.75 Å². The van der Waals surface area contributed by atoms with Crippen LogP contribution in [0.3, 0.4) is 0 Å². The maximum atomic E-state index is 11.8. The van der Waals surface area contributed by atoms with E-state index in [2.05, 4.69) is 10.6 Å². The highest BCUT2D eigenvalue weighted by atomic mass is 16.5. The number of amides is 2. The third-order valence-corrected chi connectivity index (χ3v) is 4.15. The minimum absolute atomic E-state index is 0.126. The third-order valence-electron chi connectivity index (χ3n) is 4.15. The number of carbonyl (C=O) groups is 1. The summed E-state index contributed by atoms with van der Waals surface area (Å²) in [6.07, 6.45) is 1.56. The average Bonchev–Trinajstić information content (AvgIpc) is 2.52. The van der Waals surface area contributed by atoms with Crippen molar-refractivity contribution in [2.45, 2.75) is 39.2 Å². The van der Waals surface area contributed by atoms with Gasteiger partial charge in [0.25, 0.3) is 0 Å². The molecule has 0 aromatic heterocycles. The molecule has 0 aliphatic heterocycles. The summed E-state index contributed by atoms with van der Waals surface area (Å²) >= 11 is 0. The lowest BCUT2D eigenvalue weighted by molar-refractivity contribution is 0.00792. The Labute approximate surface area is 133 Å². The normalized spacial score (nSPS) is 14.8. The van der Waals surface area contributed by atoms with E-state index in [0.717, 1.165) is 17.7 Å². The van der Waals surface area contributed by atoms with Crippen LogP contribution in [-0.4, -0.2) is 36.9 Å². The van der Waals surface area contributed by atoms with E-state index in [1.165, 1.54) is 0 Å². The Morgan fingerprint density at radius 3 is 2.68 bits per heavy atom. The number of urea groups is 1. The van der Waals surface area contributed by atoms with Crippen molar-refractivity contribution in [3.05, 3.63) is 29.8 Å². The first-order valence-electron chi connectivity index (χ1n) is 7.76. The lowest BCUT2D eigenvalue weighted by Crippen LogP contribution is -2.48. The van der Waals surface area contributed by atoms with Crippen molar-refractivity contribution in [2.75, 3.05) is 20.2 Å². The number of nitrogens with one attached hydrogen (secondary N) is 2. The molecule has 2 amide bonds. The molecular weight excluding hydrogens is 280 g/mol. The lowest BCUT2D eigenvalue weighted by atomic mass is 9.89. The van der Waals surface area contributed by atoms with Gasteiger partial charge in [-0.1, -0.05) is 38.5 Å². The molecule has 5 heteroatoms. The highest BCUT2D eigenvalue weighted by Crippen LogP contribution is 2.19. The Morgan fingerprint density at radius 1 is 1.36 bits per heavy atom. The van der Waals surface area contributed by atoms with Crippen LogP contribution in [0.1, 0.15) is 32.8 Å². The smallest absolute Gasteiger partial charge is 0.314 e. The van der Waals surface area contributed by atoms with Crippen LogP contribution in [0.15, 0.2) is 24.3 Å². The topological polar surface area (TPSA) is 70.6 Å². The van der Waals surface area contributed by atoms with Crippen LogP contribution < -0.4 is 15.4 Å². The van der Waals surface area contributed by atoms with E-state index in [4.69, 9.17) is 4.74 Å². The van der Waals surface area contributed by atoms with Crippen molar-refractivity contribution in [1.82, 2.24) is 10.6 Å². The Kier molecular flexibility index (Phi) is 7.18. The summed E-state index contributed by atoms with van der Waals surface area (Å²) < 4.78 is 5.27. The summed E-state index contributed by atoms with van der Waals surface area (Å²) in [4.78, 5) is 11.8. The monoisotopic (exact) mass is 308 g/mol. The molecule has 0 aliphatic carbocycles. The first-order chi connectivity index (χ1) is 10.4. The van der Waals surface area contributed by atoms with E-state index >= 15 is 0 Å². The van der Waals surface area contributed by atoms with Crippen LogP contribution in [0.4, 0.5) is 4.79 Å². The van der Waals surface area contributed by atoms with E-state index in [1.54, 1.807) is 14.0 Å². The second kappa shape index (κ2) is 8.63. The van der Waals surface area contributed by atoms with E-state index in [0.29, 0.717) is 13.0 Å². The van der Waals surface area contributed by atoms with E-state index < -0.39 is 5.60 Å². The number of hydrogen-bond donors (Lipinski definition) is 3. The number of para-hydroxylation sites is 1. The van der Waals surface area contributed by atoms with Gasteiger partial charge in [-0.25, -0.2) is 4.79 Å². The molecule has 3 N–H and O–H groups in total. The fourth-order valence-electron chi connectivity index (χ4n) is 2.16. The van der Waals surface area contributed by atoms with Gasteiger partial charge in [-0.15, -0.1) is 0 Å². The highest BCUT2D eigenvalue weighted by molar-refractivity contribution is 5.73. The minimum atomic E-state index is -0.894. The first-order valence-corrected chi connectivity index (χ1v) is 7.76. The molecule has 0 heterocycles. The minimum Gasteiger partial charge on any atom is -0.496 e. The predicted molar refractivity (Wildman–Crippen MR) is 88.2 cm³/mol. The van der Waals surface area contributed by atoms with Gasteiger partial charge in [0.1, 0.15) is 5.75 Å². The summed E-state index contributed by atoms with van der Waals surface area (Å²) in [7, 11) is 1.63. The number of rotatable bonds is 8. The van der Waals surface area contributed by atoms with Crippen LogP contribution >= 0.6 is 0 Å². The molecule has 5 nitrogen and oxygen atoms in total. The Hall–Kier alpha value is -1.75. The summed E-state index contributed by atoms with van der Waals surface area (Å²) in [5.41, 5.74) is 0.159. The number of methoxy groups -OCH3 is 1. The molecule has 0 aliphatic rings. The second-order valence-electron chi connectivity index (χ2n) is 5.84. The van der Waals surface area contributed by atoms with Gasteiger partial charge in [0.15, 0.2) is 0 Å². The number of benzene rings is 1. The van der Waals surface area contributed by atoms with Crippen LogP contribution in [0, 0.1) is 5.92 Å². The quantitative estimate of drug-likeness (QED) is 0.690. The van der Waals surface area contributed by atoms with Crippen molar-refractivity contribution in [3.63, 3.8) is 0 Å². The number of carbonyl (C=O) groups excluding carboxylic acids is 1. The summed E-state index contributed by atoms with van der Waals surface area (Å²) in [5, 5.41) is 15.8. The highest BCUT2D eigenvalue weighted by Gasteiger charge is 2.27. The van der Waals surface area contributed by atoms with Gasteiger partial charge in [-0.3, -0.25) is 0 Å². The molecule has 2 unspecified atom stereocenters. The largest absolute Gasteiger partial charge is 0.496 e. The van der Waals surface area contributed by atoms with Crippen molar-refractivity contribution in [1.29, 1.82) is 0 Å². The van der Waals surface area contributed by atoms with Crippen molar-refractivity contribution in [2.24, 2.45) is 5.92 Å². The van der Waals surface area contributed by atoms with Crippen molar-refractivity contribution < 1.29 is 14.6 Å². The molecule has 1 aromatic carbocycles. The van der Waals surface area contributed by atoms with Gasteiger partial charge in [-0.2, -0.15) is 0 Å². The Morgan fingerprint density at radius 2 is 2.05 bits per heavy atom. The van der Waals surface area contributed by atoms with Crippen LogP contribution in [0.25, 0.3) is 0 Å². The molecule has 0 radical (unpaired) electrons. The third kappa shape index (κ3) is 5.56. The molecule has 2 atom stereocenters. The fraction of sp³-hybridized carbons (Fsp3) is 0.588. The molecule has 124 valence electrons. The van der Waals surface area contributed by atoms with Gasteiger partial charge in [0.2, 0.25) is 0 Å². The molecule has 1 aromatic rings. The Balaban J connectivity index is 2.35. The van der Waals surface area contributed by atoms with Gasteiger partial charge < -0.3 is 20.5 Å². The summed E-state index contributed by atoms with van der Waals surface area (Å²) in [6, 6.07) is 7.48. The molecular formula is C17H28N2O3. The van der Waals surface area contributed by atoms with Gasteiger partial charge in [0, 0.05) is 13.1 Å². The van der Waals surface area contributed by atoms with E-state index in [-0.39, 0.29) is 18.5 Å². The number of aliphatic hydroxyl groups is 1. The second-order valence-corrected chi connectivity index (χ2v) is 5.84. The van der Waals surface area contributed by atoms with Gasteiger partial charge >= 0.3 is 6.03 Å². The van der Waals surface area contributed by atoms with E-state index in [1.807, 2.05) is 38.1 Å². The summed E-state index contributed by atoms with van der Waals surface area (Å²) in [5.74, 6) is 0.950. The zero-order chi connectivity index (χ0) is 16.6. The maximum Gasteiger partial charge on any atom is 0.314 e. The molecule has 0 saturated heterocycles. The van der Waals surface area contributed by atoms with Crippen molar-refractivity contribution in [3.8, 4) is 5.75 Å². The Bertz CT molecular complexity index is 475. The molecule has 0 spiro atoms. The van der Waals surface area contributed by atoms with Gasteiger partial charge in [-0.05, 0) is 30.9 Å². The van der Waals surface area contributed by atoms with Crippen molar-refractivity contribution >= 4 is 6.03 Å². The molecule has 0 bridgehead atoms. The first kappa shape index (κ1) is 18.3. The maximum absolute atomic E-state index is 11.8.